The minimum Gasteiger partial charge on any atom is -0.413 e. The van der Waals surface area contributed by atoms with Gasteiger partial charge >= 0.3 is 0 Å². The summed E-state index contributed by atoms with van der Waals surface area (Å²) in [5.74, 6) is 0.271. The maximum Gasteiger partial charge on any atom is 0.192 e. The van der Waals surface area contributed by atoms with E-state index >= 15 is 0 Å². The van der Waals surface area contributed by atoms with Crippen LogP contribution in [0.3, 0.4) is 0 Å². The molecule has 1 nitrogen and oxygen atoms in total. The van der Waals surface area contributed by atoms with Crippen LogP contribution in [-0.2, 0) is 4.43 Å². The number of rotatable bonds is 4. The van der Waals surface area contributed by atoms with Gasteiger partial charge in [-0.05, 0) is 79.2 Å². The first-order chi connectivity index (χ1) is 12.5. The molecule has 1 aliphatic rings. The maximum absolute atomic E-state index is 6.88. The Morgan fingerprint density at radius 2 is 1.74 bits per heavy atom. The first-order valence-electron chi connectivity index (χ1n) is 9.72. The predicted octanol–water partition coefficient (Wildman–Crippen LogP) is 7.97. The lowest BCUT2D eigenvalue weighted by Gasteiger charge is -2.40. The standard InChI is InChI=1S/C24H31IOSi/c1-16(2)22-21(26-27(6,7)24(3,4)5)15-20(25)23(22)19-13-12-17-10-8-9-11-18(17)14-19/h8-14,21-22H,1,15H2,2-7H3/t21-,22+/m1/s1. The van der Waals surface area contributed by atoms with Gasteiger partial charge in [0.25, 0.3) is 0 Å². The van der Waals surface area contributed by atoms with Crippen molar-refractivity contribution < 1.29 is 4.43 Å². The van der Waals surface area contributed by atoms with Gasteiger partial charge in [-0.2, -0.15) is 0 Å². The zero-order chi connectivity index (χ0) is 20.0. The van der Waals surface area contributed by atoms with Crippen LogP contribution < -0.4 is 0 Å². The van der Waals surface area contributed by atoms with E-state index in [1.165, 1.54) is 31.1 Å². The Morgan fingerprint density at radius 1 is 1.11 bits per heavy atom. The van der Waals surface area contributed by atoms with Crippen LogP contribution >= 0.6 is 22.6 Å². The van der Waals surface area contributed by atoms with E-state index in [1.807, 2.05) is 0 Å². The third kappa shape index (κ3) is 4.10. The molecule has 2 aromatic rings. The molecule has 1 aliphatic carbocycles. The van der Waals surface area contributed by atoms with E-state index in [2.05, 4.69) is 112 Å². The number of fused-ring (bicyclic) bond motifs is 1. The molecule has 3 heteroatoms. The quantitative estimate of drug-likeness (QED) is 0.240. The van der Waals surface area contributed by atoms with Gasteiger partial charge in [-0.3, -0.25) is 0 Å². The highest BCUT2D eigenvalue weighted by molar-refractivity contribution is 14.1. The van der Waals surface area contributed by atoms with E-state index in [-0.39, 0.29) is 17.1 Å². The Labute approximate surface area is 179 Å². The van der Waals surface area contributed by atoms with Crippen molar-refractivity contribution in [1.29, 1.82) is 0 Å². The molecule has 0 unspecified atom stereocenters. The summed E-state index contributed by atoms with van der Waals surface area (Å²) < 4.78 is 8.29. The topological polar surface area (TPSA) is 9.23 Å². The average Bonchev–Trinajstić information content (AvgIpc) is 2.88. The van der Waals surface area contributed by atoms with E-state index in [9.17, 15) is 0 Å². The summed E-state index contributed by atoms with van der Waals surface area (Å²) in [5.41, 5.74) is 3.93. The van der Waals surface area contributed by atoms with Crippen molar-refractivity contribution in [3.05, 3.63) is 63.8 Å². The minimum absolute atomic E-state index is 0.205. The van der Waals surface area contributed by atoms with Gasteiger partial charge < -0.3 is 4.43 Å². The fourth-order valence-corrected chi connectivity index (χ4v) is 6.09. The number of hydrogen-bond acceptors (Lipinski definition) is 1. The van der Waals surface area contributed by atoms with Gasteiger partial charge in [0.2, 0.25) is 0 Å². The van der Waals surface area contributed by atoms with Gasteiger partial charge in [0, 0.05) is 12.3 Å². The molecular formula is C24H31IOSi. The second kappa shape index (κ2) is 7.49. The van der Waals surface area contributed by atoms with Crippen molar-refractivity contribution in [2.45, 2.75) is 58.4 Å². The molecule has 0 aromatic heterocycles. The zero-order valence-corrected chi connectivity index (χ0v) is 20.6. The van der Waals surface area contributed by atoms with Crippen molar-refractivity contribution in [2.24, 2.45) is 5.92 Å². The van der Waals surface area contributed by atoms with E-state index < -0.39 is 8.32 Å². The monoisotopic (exact) mass is 490 g/mol. The zero-order valence-electron chi connectivity index (χ0n) is 17.4. The van der Waals surface area contributed by atoms with E-state index in [1.54, 1.807) is 0 Å². The molecule has 0 spiro atoms. The number of benzene rings is 2. The smallest absolute Gasteiger partial charge is 0.192 e. The van der Waals surface area contributed by atoms with E-state index in [4.69, 9.17) is 4.43 Å². The molecule has 144 valence electrons. The van der Waals surface area contributed by atoms with Crippen LogP contribution in [-0.4, -0.2) is 14.4 Å². The Kier molecular flexibility index (Phi) is 5.77. The highest BCUT2D eigenvalue weighted by atomic mass is 127. The average molecular weight is 491 g/mol. The Morgan fingerprint density at radius 3 is 2.33 bits per heavy atom. The summed E-state index contributed by atoms with van der Waals surface area (Å²) in [6, 6.07) is 15.4. The Balaban J connectivity index is 1.99. The lowest BCUT2D eigenvalue weighted by atomic mass is 9.87. The van der Waals surface area contributed by atoms with Gasteiger partial charge in [-0.15, -0.1) is 0 Å². The van der Waals surface area contributed by atoms with Gasteiger partial charge in [0.15, 0.2) is 8.32 Å². The highest BCUT2D eigenvalue weighted by Gasteiger charge is 2.44. The van der Waals surface area contributed by atoms with Crippen LogP contribution in [0.1, 0.15) is 39.7 Å². The summed E-state index contributed by atoms with van der Waals surface area (Å²) in [4.78, 5) is 0. The van der Waals surface area contributed by atoms with Crippen LogP contribution in [0.4, 0.5) is 0 Å². The molecule has 0 saturated carbocycles. The van der Waals surface area contributed by atoms with Crippen LogP contribution in [0.25, 0.3) is 16.3 Å². The lowest BCUT2D eigenvalue weighted by Crippen LogP contribution is -2.45. The molecule has 0 N–H and O–H groups in total. The third-order valence-corrected chi connectivity index (χ3v) is 11.7. The second-order valence-electron chi connectivity index (χ2n) is 9.33. The molecule has 0 bridgehead atoms. The molecule has 0 fully saturated rings. The molecular weight excluding hydrogens is 459 g/mol. The summed E-state index contributed by atoms with van der Waals surface area (Å²) >= 11 is 2.53. The minimum atomic E-state index is -1.83. The van der Waals surface area contributed by atoms with Crippen molar-refractivity contribution in [1.82, 2.24) is 0 Å². The van der Waals surface area contributed by atoms with E-state index in [0.29, 0.717) is 0 Å². The molecule has 0 radical (unpaired) electrons. The highest BCUT2D eigenvalue weighted by Crippen LogP contribution is 2.49. The lowest BCUT2D eigenvalue weighted by molar-refractivity contribution is 0.166. The predicted molar refractivity (Wildman–Crippen MR) is 130 cm³/mol. The van der Waals surface area contributed by atoms with Gasteiger partial charge in [0.05, 0.1) is 6.10 Å². The van der Waals surface area contributed by atoms with Crippen molar-refractivity contribution in [2.75, 3.05) is 0 Å². The fraction of sp³-hybridized carbons (Fsp3) is 0.417. The first kappa shape index (κ1) is 20.8. The Bertz CT molecular complexity index is 904. The van der Waals surface area contributed by atoms with E-state index in [0.717, 1.165) is 6.42 Å². The normalized spacial score (nSPS) is 21.1. The summed E-state index contributed by atoms with van der Waals surface area (Å²) in [5, 5.41) is 2.79. The second-order valence-corrected chi connectivity index (χ2v) is 15.4. The van der Waals surface area contributed by atoms with Crippen molar-refractivity contribution in [3.8, 4) is 0 Å². The molecule has 0 aliphatic heterocycles. The van der Waals surface area contributed by atoms with Crippen LogP contribution in [0.15, 0.2) is 58.2 Å². The van der Waals surface area contributed by atoms with Crippen molar-refractivity contribution in [3.63, 3.8) is 0 Å². The molecule has 27 heavy (non-hydrogen) atoms. The molecule has 0 saturated heterocycles. The van der Waals surface area contributed by atoms with Crippen LogP contribution in [0, 0.1) is 5.92 Å². The number of hydrogen-bond donors (Lipinski definition) is 0. The molecule has 2 atom stereocenters. The van der Waals surface area contributed by atoms with Crippen LogP contribution in [0.2, 0.25) is 18.1 Å². The van der Waals surface area contributed by atoms with Crippen molar-refractivity contribution >= 4 is 47.3 Å². The largest absolute Gasteiger partial charge is 0.413 e. The summed E-state index contributed by atoms with van der Waals surface area (Å²) in [6.45, 7) is 18.1. The maximum atomic E-state index is 6.88. The van der Waals surface area contributed by atoms with Crippen LogP contribution in [0.5, 0.6) is 0 Å². The van der Waals surface area contributed by atoms with Gasteiger partial charge in [0.1, 0.15) is 0 Å². The molecule has 3 rings (SSSR count). The fourth-order valence-electron chi connectivity index (χ4n) is 3.68. The van der Waals surface area contributed by atoms with Gasteiger partial charge in [-0.1, -0.05) is 69.3 Å². The summed E-state index contributed by atoms with van der Waals surface area (Å²) in [6.07, 6.45) is 1.20. The van der Waals surface area contributed by atoms with Gasteiger partial charge in [-0.25, -0.2) is 0 Å². The first-order valence-corrected chi connectivity index (χ1v) is 13.7. The molecule has 0 amide bonds. The molecule has 2 aromatic carbocycles. The third-order valence-electron chi connectivity index (χ3n) is 6.20. The Hall–Kier alpha value is -0.913. The molecule has 0 heterocycles. The number of halogens is 1. The SMILES string of the molecule is C=C(C)[C@@H]1C(c2ccc3ccccc3c2)=C(I)C[C@H]1O[Si](C)(C)C(C)(C)C. The summed E-state index contributed by atoms with van der Waals surface area (Å²) in [7, 11) is -1.83.